The molecule has 2 unspecified atom stereocenters. The number of fused-ring (bicyclic) bond motifs is 1. The topological polar surface area (TPSA) is 144 Å². The number of nitrogens with one attached hydrogen (secondary N) is 1. The number of amides is 2. The summed E-state index contributed by atoms with van der Waals surface area (Å²) in [5.74, 6) is -1.92. The van der Waals surface area contributed by atoms with Crippen LogP contribution in [0.3, 0.4) is 0 Å². The van der Waals surface area contributed by atoms with Gasteiger partial charge >= 0.3 is 6.09 Å². The molecule has 4 rings (SSSR count). The fourth-order valence-electron chi connectivity index (χ4n) is 4.07. The van der Waals surface area contributed by atoms with Crippen molar-refractivity contribution in [1.29, 1.82) is 0 Å². The molecule has 2 heterocycles. The Balaban J connectivity index is 2.00. The van der Waals surface area contributed by atoms with Gasteiger partial charge in [0.2, 0.25) is 5.91 Å². The minimum atomic E-state index is -1.70. The molecule has 34 heavy (non-hydrogen) atoms. The molecule has 2 aromatic carbocycles. The van der Waals surface area contributed by atoms with Crippen LogP contribution in [0.15, 0.2) is 48.7 Å². The van der Waals surface area contributed by atoms with Crippen LogP contribution in [0.1, 0.15) is 27.7 Å². The first kappa shape index (κ1) is 23.3. The van der Waals surface area contributed by atoms with Crippen molar-refractivity contribution >= 4 is 23.6 Å². The fraction of sp³-hybridized carbons (Fsp3) is 0.174. The number of pyridine rings is 1. The van der Waals surface area contributed by atoms with E-state index in [0.29, 0.717) is 0 Å². The number of hydrogen-bond donors (Lipinski definition) is 4. The van der Waals surface area contributed by atoms with E-state index in [1.807, 2.05) is 0 Å². The van der Waals surface area contributed by atoms with E-state index in [0.717, 1.165) is 0 Å². The highest BCUT2D eigenvalue weighted by Crippen LogP contribution is 2.54. The Morgan fingerprint density at radius 1 is 1.26 bits per heavy atom. The van der Waals surface area contributed by atoms with Crippen molar-refractivity contribution in [2.24, 2.45) is 5.73 Å². The third-order valence-electron chi connectivity index (χ3n) is 5.60. The van der Waals surface area contributed by atoms with Gasteiger partial charge < -0.3 is 30.7 Å². The molecule has 0 bridgehead atoms. The smallest absolute Gasteiger partial charge is 0.404 e. The number of carbonyl (C=O) groups is 2. The number of halogens is 2. The summed E-state index contributed by atoms with van der Waals surface area (Å²) in [7, 11) is 1.25. The summed E-state index contributed by atoms with van der Waals surface area (Å²) in [5.41, 5.74) is 3.54. The quantitative estimate of drug-likeness (QED) is 0.417. The second kappa shape index (κ2) is 8.81. The van der Waals surface area contributed by atoms with Crippen molar-refractivity contribution in [2.45, 2.75) is 11.7 Å². The number of benzene rings is 2. The van der Waals surface area contributed by atoms with Crippen LogP contribution in [-0.2, 0) is 5.60 Å². The van der Waals surface area contributed by atoms with Crippen molar-refractivity contribution in [3.63, 3.8) is 0 Å². The number of aliphatic hydroxyl groups is 1. The highest BCUT2D eigenvalue weighted by Gasteiger charge is 2.52. The highest BCUT2D eigenvalue weighted by atomic mass is 35.5. The Labute approximate surface area is 197 Å². The molecule has 11 heteroatoms. The van der Waals surface area contributed by atoms with Gasteiger partial charge in [-0.05, 0) is 36.4 Å². The number of ether oxygens (including phenoxy) is 2. The number of rotatable bonds is 6. The lowest BCUT2D eigenvalue weighted by Gasteiger charge is -2.31. The summed E-state index contributed by atoms with van der Waals surface area (Å²) in [5, 5.41) is 23.0. The molecule has 1 aromatic heterocycles. The van der Waals surface area contributed by atoms with Crippen LogP contribution in [0.5, 0.6) is 11.5 Å². The molecule has 2 amide bonds. The zero-order chi connectivity index (χ0) is 24.6. The predicted octanol–water partition coefficient (Wildman–Crippen LogP) is 3.24. The average Bonchev–Trinajstić information content (AvgIpc) is 3.11. The first-order valence-electron chi connectivity index (χ1n) is 9.95. The lowest BCUT2D eigenvalue weighted by molar-refractivity contribution is -0.0337. The number of carbonyl (C=O) groups excluding carboxylic acids is 1. The minimum Gasteiger partial charge on any atom is -0.494 e. The van der Waals surface area contributed by atoms with Crippen LogP contribution in [0.2, 0.25) is 5.02 Å². The number of hydrogen-bond acceptors (Lipinski definition) is 6. The van der Waals surface area contributed by atoms with Crippen LogP contribution in [0.4, 0.5) is 9.18 Å². The standard InChI is InChI=1S/C23H19ClFN3O6/c1-33-14-7-5-11(21(26)30)16(19(14)25)17-12(24)6-8-13-18(17)20(29)23(34-13,10-28-22(31)32)15-4-2-3-9-27-15/h2-9,20,28-29H,10H2,1H3,(H2,26,30)(H,31,32). The second-order valence-corrected chi connectivity index (χ2v) is 7.88. The maximum absolute atomic E-state index is 15.5. The Bertz CT molecular complexity index is 1290. The number of nitrogens with zero attached hydrogens (tertiary/aromatic N) is 1. The van der Waals surface area contributed by atoms with Crippen LogP contribution in [0, 0.1) is 5.82 Å². The maximum atomic E-state index is 15.5. The lowest BCUT2D eigenvalue weighted by atomic mass is 9.85. The van der Waals surface area contributed by atoms with Gasteiger partial charge in [-0.2, -0.15) is 0 Å². The van der Waals surface area contributed by atoms with Crippen LogP contribution >= 0.6 is 11.6 Å². The summed E-state index contributed by atoms with van der Waals surface area (Å²) in [6, 6.07) is 10.2. The van der Waals surface area contributed by atoms with E-state index >= 15 is 4.39 Å². The van der Waals surface area contributed by atoms with E-state index in [-0.39, 0.29) is 44.5 Å². The molecule has 0 radical (unpaired) electrons. The van der Waals surface area contributed by atoms with E-state index in [2.05, 4.69) is 10.3 Å². The first-order valence-corrected chi connectivity index (χ1v) is 10.3. The predicted molar refractivity (Wildman–Crippen MR) is 119 cm³/mol. The van der Waals surface area contributed by atoms with Crippen molar-refractivity contribution in [3.8, 4) is 22.6 Å². The molecular weight excluding hydrogens is 469 g/mol. The molecule has 9 nitrogen and oxygen atoms in total. The summed E-state index contributed by atoms with van der Waals surface area (Å²) in [6.07, 6.45) is -1.46. The Hall–Kier alpha value is -3.89. The zero-order valence-corrected chi connectivity index (χ0v) is 18.5. The van der Waals surface area contributed by atoms with Gasteiger partial charge in [-0.25, -0.2) is 9.18 Å². The molecule has 0 spiro atoms. The van der Waals surface area contributed by atoms with Gasteiger partial charge in [0.25, 0.3) is 0 Å². The van der Waals surface area contributed by atoms with E-state index in [4.69, 9.17) is 26.8 Å². The van der Waals surface area contributed by atoms with E-state index in [9.17, 15) is 19.8 Å². The first-order chi connectivity index (χ1) is 16.2. The maximum Gasteiger partial charge on any atom is 0.404 e. The molecule has 2 atom stereocenters. The molecule has 1 aliphatic rings. The summed E-state index contributed by atoms with van der Waals surface area (Å²) in [6.45, 7) is -0.393. The third-order valence-corrected chi connectivity index (χ3v) is 5.92. The van der Waals surface area contributed by atoms with E-state index in [1.165, 1.54) is 37.6 Å². The number of aliphatic hydroxyl groups excluding tert-OH is 1. The van der Waals surface area contributed by atoms with Crippen molar-refractivity contribution < 1.29 is 33.7 Å². The molecular formula is C23H19ClFN3O6. The molecule has 3 aromatic rings. The van der Waals surface area contributed by atoms with Gasteiger partial charge in [0.05, 0.1) is 24.9 Å². The van der Waals surface area contributed by atoms with Gasteiger partial charge in [0, 0.05) is 27.9 Å². The minimum absolute atomic E-state index is 0.000863. The SMILES string of the molecule is COc1ccc(C(N)=O)c(-c2c(Cl)ccc3c2C(O)C(CNC(=O)O)(c2ccccn2)O3)c1F. The highest BCUT2D eigenvalue weighted by molar-refractivity contribution is 6.34. The number of nitrogens with two attached hydrogens (primary N) is 1. The monoisotopic (exact) mass is 487 g/mol. The summed E-state index contributed by atoms with van der Waals surface area (Å²) >= 11 is 6.47. The van der Waals surface area contributed by atoms with Gasteiger partial charge in [0.15, 0.2) is 17.2 Å². The van der Waals surface area contributed by atoms with Gasteiger partial charge in [-0.3, -0.25) is 9.78 Å². The normalized spacial score (nSPS) is 18.6. The van der Waals surface area contributed by atoms with Crippen molar-refractivity contribution in [1.82, 2.24) is 10.3 Å². The third kappa shape index (κ3) is 3.66. The number of carboxylic acid groups (broad SMARTS) is 1. The van der Waals surface area contributed by atoms with Crippen molar-refractivity contribution in [3.05, 3.63) is 76.3 Å². The Kier molecular flexibility index (Phi) is 6.03. The number of methoxy groups -OCH3 is 1. The summed E-state index contributed by atoms with van der Waals surface area (Å²) < 4.78 is 26.7. The van der Waals surface area contributed by atoms with Crippen molar-refractivity contribution in [2.75, 3.05) is 13.7 Å². The second-order valence-electron chi connectivity index (χ2n) is 7.47. The molecule has 0 aliphatic carbocycles. The Morgan fingerprint density at radius 2 is 2.03 bits per heavy atom. The lowest BCUT2D eigenvalue weighted by Crippen LogP contribution is -2.46. The fourth-order valence-corrected chi connectivity index (χ4v) is 4.33. The number of primary amides is 1. The van der Waals surface area contributed by atoms with Gasteiger partial charge in [0.1, 0.15) is 11.9 Å². The van der Waals surface area contributed by atoms with Crippen LogP contribution < -0.4 is 20.5 Å². The molecule has 0 fully saturated rings. The molecule has 0 saturated heterocycles. The zero-order valence-electron chi connectivity index (χ0n) is 17.7. The van der Waals surface area contributed by atoms with E-state index in [1.54, 1.807) is 18.2 Å². The van der Waals surface area contributed by atoms with Gasteiger partial charge in [-0.1, -0.05) is 17.7 Å². The van der Waals surface area contributed by atoms with E-state index < -0.39 is 36.1 Å². The summed E-state index contributed by atoms with van der Waals surface area (Å²) in [4.78, 5) is 27.7. The average molecular weight is 488 g/mol. The molecule has 1 aliphatic heterocycles. The Morgan fingerprint density at radius 3 is 2.65 bits per heavy atom. The van der Waals surface area contributed by atoms with Crippen LogP contribution in [0.25, 0.3) is 11.1 Å². The molecule has 0 saturated carbocycles. The number of aromatic nitrogens is 1. The largest absolute Gasteiger partial charge is 0.494 e. The van der Waals surface area contributed by atoms with Crippen LogP contribution in [-0.4, -0.2) is 40.9 Å². The van der Waals surface area contributed by atoms with Gasteiger partial charge in [-0.15, -0.1) is 0 Å². The molecule has 5 N–H and O–H groups in total. The molecule has 176 valence electrons.